The van der Waals surface area contributed by atoms with Crippen LogP contribution in [0.15, 0.2) is 89.3 Å². The minimum absolute atomic E-state index is 0.0436. The average Bonchev–Trinajstić information content (AvgIpc) is 3.27. The van der Waals surface area contributed by atoms with Gasteiger partial charge < -0.3 is 4.74 Å². The minimum atomic E-state index is -3.87. The summed E-state index contributed by atoms with van der Waals surface area (Å²) in [4.78, 5) is 3.88. The number of hydrogen-bond acceptors (Lipinski definition) is 6. The van der Waals surface area contributed by atoms with Crippen molar-refractivity contribution in [1.29, 1.82) is 5.26 Å². The molecule has 0 unspecified atom stereocenters. The number of nitrogens with one attached hydrogen (secondary N) is 1. The van der Waals surface area contributed by atoms with Gasteiger partial charge in [-0.3, -0.25) is 4.72 Å². The van der Waals surface area contributed by atoms with Crippen molar-refractivity contribution in [3.8, 4) is 28.7 Å². The van der Waals surface area contributed by atoms with Crippen LogP contribution in [-0.4, -0.2) is 13.4 Å². The van der Waals surface area contributed by atoms with Gasteiger partial charge in [0.15, 0.2) is 5.13 Å². The number of rotatable bonds is 6. The van der Waals surface area contributed by atoms with Gasteiger partial charge in [0.25, 0.3) is 10.0 Å². The van der Waals surface area contributed by atoms with Gasteiger partial charge in [0.05, 0.1) is 10.5 Å². The first-order valence-corrected chi connectivity index (χ1v) is 11.2. The largest absolute Gasteiger partial charge is 0.455 e. The molecule has 0 fully saturated rings. The molecule has 6 nitrogen and oxygen atoms in total. The van der Waals surface area contributed by atoms with Crippen LogP contribution in [0.1, 0.15) is 5.56 Å². The van der Waals surface area contributed by atoms with Crippen LogP contribution in [-0.2, 0) is 10.0 Å². The fraction of sp³-hybridized carbons (Fsp3) is 0. The number of benzene rings is 3. The highest BCUT2D eigenvalue weighted by atomic mass is 32.2. The summed E-state index contributed by atoms with van der Waals surface area (Å²) < 4.78 is 33.6. The summed E-state index contributed by atoms with van der Waals surface area (Å²) in [7, 11) is -3.87. The summed E-state index contributed by atoms with van der Waals surface area (Å²) in [6, 6.07) is 23.4. The molecule has 1 heterocycles. The van der Waals surface area contributed by atoms with Gasteiger partial charge in [-0.05, 0) is 29.8 Å². The summed E-state index contributed by atoms with van der Waals surface area (Å²) in [6.07, 6.45) is 1.50. The van der Waals surface area contributed by atoms with E-state index in [1.165, 1.54) is 35.7 Å². The first-order chi connectivity index (χ1) is 14.6. The molecule has 0 radical (unpaired) electrons. The summed E-state index contributed by atoms with van der Waals surface area (Å²) in [5.74, 6) is 0.839. The van der Waals surface area contributed by atoms with Crippen molar-refractivity contribution in [2.75, 3.05) is 4.72 Å². The van der Waals surface area contributed by atoms with Crippen LogP contribution in [0.3, 0.4) is 0 Å². The number of nitrogens with zero attached hydrogens (tertiary/aromatic N) is 2. The second-order valence-corrected chi connectivity index (χ2v) is 8.75. The lowest BCUT2D eigenvalue weighted by atomic mass is 10.0. The molecule has 30 heavy (non-hydrogen) atoms. The number of hydrogen-bond donors (Lipinski definition) is 1. The Bertz CT molecular complexity index is 1310. The van der Waals surface area contributed by atoms with Crippen LogP contribution in [0.5, 0.6) is 11.5 Å². The van der Waals surface area contributed by atoms with E-state index in [4.69, 9.17) is 4.74 Å². The number of sulfonamides is 1. The molecule has 0 aliphatic heterocycles. The predicted octanol–water partition coefficient (Wildman–Crippen LogP) is 5.27. The summed E-state index contributed by atoms with van der Waals surface area (Å²) in [5, 5.41) is 11.5. The molecule has 0 atom stereocenters. The van der Waals surface area contributed by atoms with Crippen molar-refractivity contribution in [1.82, 2.24) is 4.98 Å². The molecule has 0 spiro atoms. The van der Waals surface area contributed by atoms with Crippen molar-refractivity contribution in [2.24, 2.45) is 0 Å². The summed E-state index contributed by atoms with van der Waals surface area (Å²) in [5.41, 5.74) is 1.95. The smallest absolute Gasteiger partial charge is 0.263 e. The molecule has 8 heteroatoms. The van der Waals surface area contributed by atoms with E-state index in [9.17, 15) is 13.7 Å². The molecular formula is C22H15N3O3S2. The van der Waals surface area contributed by atoms with Crippen molar-refractivity contribution >= 4 is 26.5 Å². The molecule has 148 valence electrons. The molecule has 0 amide bonds. The third kappa shape index (κ3) is 4.17. The molecule has 4 rings (SSSR count). The third-order valence-corrected chi connectivity index (χ3v) is 6.38. The first kappa shape index (κ1) is 19.6. The highest BCUT2D eigenvalue weighted by molar-refractivity contribution is 7.93. The first-order valence-electron chi connectivity index (χ1n) is 8.85. The lowest BCUT2D eigenvalue weighted by molar-refractivity contribution is 0.482. The predicted molar refractivity (Wildman–Crippen MR) is 116 cm³/mol. The topological polar surface area (TPSA) is 92.1 Å². The van der Waals surface area contributed by atoms with E-state index in [0.29, 0.717) is 5.75 Å². The molecule has 3 aromatic carbocycles. The number of nitriles is 1. The lowest BCUT2D eigenvalue weighted by Crippen LogP contribution is -2.13. The monoisotopic (exact) mass is 433 g/mol. The lowest BCUT2D eigenvalue weighted by Gasteiger charge is -2.13. The maximum atomic E-state index is 12.6. The Hall–Kier alpha value is -3.67. The van der Waals surface area contributed by atoms with E-state index in [1.54, 1.807) is 11.4 Å². The van der Waals surface area contributed by atoms with Crippen LogP contribution in [0, 0.1) is 11.3 Å². The molecule has 0 saturated carbocycles. The Morgan fingerprint density at radius 2 is 1.73 bits per heavy atom. The van der Waals surface area contributed by atoms with E-state index in [1.807, 2.05) is 54.6 Å². The zero-order valence-electron chi connectivity index (χ0n) is 15.5. The van der Waals surface area contributed by atoms with Gasteiger partial charge >= 0.3 is 0 Å². The molecular weight excluding hydrogens is 418 g/mol. The molecule has 0 aliphatic carbocycles. The number of thiazole rings is 1. The molecule has 1 aromatic heterocycles. The van der Waals surface area contributed by atoms with E-state index in [0.717, 1.165) is 11.1 Å². The number of anilines is 1. The van der Waals surface area contributed by atoms with Gasteiger partial charge in [0.2, 0.25) is 0 Å². The van der Waals surface area contributed by atoms with Gasteiger partial charge in [-0.1, -0.05) is 48.5 Å². The standard InChI is InChI=1S/C22H15N3O3S2/c23-15-17-14-18(30(26,27)25-22-24-12-13-29-22)10-11-20(17)28-21-9-5-4-8-19(21)16-6-2-1-3-7-16/h1-14H,(H,24,25). The van der Waals surface area contributed by atoms with E-state index >= 15 is 0 Å². The van der Waals surface area contributed by atoms with Gasteiger partial charge in [0.1, 0.15) is 17.6 Å². The maximum absolute atomic E-state index is 12.6. The van der Waals surface area contributed by atoms with Crippen molar-refractivity contribution in [2.45, 2.75) is 4.90 Å². The van der Waals surface area contributed by atoms with E-state index < -0.39 is 10.0 Å². The van der Waals surface area contributed by atoms with Crippen LogP contribution in [0.4, 0.5) is 5.13 Å². The fourth-order valence-corrected chi connectivity index (χ4v) is 4.65. The molecule has 0 bridgehead atoms. The van der Waals surface area contributed by atoms with Crippen LogP contribution in [0.25, 0.3) is 11.1 Å². The molecule has 0 aliphatic rings. The van der Waals surface area contributed by atoms with Gasteiger partial charge in [-0.2, -0.15) is 5.26 Å². The van der Waals surface area contributed by atoms with E-state index in [2.05, 4.69) is 9.71 Å². The van der Waals surface area contributed by atoms with Gasteiger partial charge in [-0.25, -0.2) is 13.4 Å². The van der Waals surface area contributed by atoms with Crippen LogP contribution >= 0.6 is 11.3 Å². The Morgan fingerprint density at radius 3 is 2.47 bits per heavy atom. The zero-order chi connectivity index (χ0) is 21.0. The van der Waals surface area contributed by atoms with Crippen LogP contribution < -0.4 is 9.46 Å². The Morgan fingerprint density at radius 1 is 0.967 bits per heavy atom. The second-order valence-electron chi connectivity index (χ2n) is 6.18. The Labute approximate surface area is 178 Å². The fourth-order valence-electron chi connectivity index (χ4n) is 2.83. The second kappa shape index (κ2) is 8.37. The highest BCUT2D eigenvalue weighted by Gasteiger charge is 2.19. The third-order valence-electron chi connectivity index (χ3n) is 4.23. The number of para-hydroxylation sites is 1. The van der Waals surface area contributed by atoms with Crippen molar-refractivity contribution in [3.63, 3.8) is 0 Å². The van der Waals surface area contributed by atoms with Gasteiger partial charge in [0, 0.05) is 17.1 Å². The Kier molecular flexibility index (Phi) is 5.48. The zero-order valence-corrected chi connectivity index (χ0v) is 17.2. The SMILES string of the molecule is N#Cc1cc(S(=O)(=O)Nc2nccs2)ccc1Oc1ccccc1-c1ccccc1. The maximum Gasteiger partial charge on any atom is 0.263 e. The van der Waals surface area contributed by atoms with Crippen molar-refractivity contribution < 1.29 is 13.2 Å². The summed E-state index contributed by atoms with van der Waals surface area (Å²) in [6.45, 7) is 0. The van der Waals surface area contributed by atoms with Crippen LogP contribution in [0.2, 0.25) is 0 Å². The van der Waals surface area contributed by atoms with E-state index in [-0.39, 0.29) is 21.3 Å². The average molecular weight is 434 g/mol. The Balaban J connectivity index is 1.67. The minimum Gasteiger partial charge on any atom is -0.455 e. The normalized spacial score (nSPS) is 10.9. The molecule has 4 aromatic rings. The number of aromatic nitrogens is 1. The molecule has 1 N–H and O–H groups in total. The highest BCUT2D eigenvalue weighted by Crippen LogP contribution is 2.35. The summed E-state index contributed by atoms with van der Waals surface area (Å²) >= 11 is 1.17. The van der Waals surface area contributed by atoms with Crippen molar-refractivity contribution in [3.05, 3.63) is 89.9 Å². The van der Waals surface area contributed by atoms with Gasteiger partial charge in [-0.15, -0.1) is 11.3 Å². The number of ether oxygens (including phenoxy) is 1. The molecule has 0 saturated heterocycles. The quantitative estimate of drug-likeness (QED) is 0.447.